The van der Waals surface area contributed by atoms with Crippen molar-refractivity contribution in [2.24, 2.45) is 14.1 Å². The maximum absolute atomic E-state index is 13.8. The van der Waals surface area contributed by atoms with Gasteiger partial charge in [0, 0.05) is 25.2 Å². The summed E-state index contributed by atoms with van der Waals surface area (Å²) in [4.78, 5) is 26.9. The van der Waals surface area contributed by atoms with Gasteiger partial charge >= 0.3 is 5.69 Å². The minimum atomic E-state index is -0.617. The zero-order valence-electron chi connectivity index (χ0n) is 20.5. The summed E-state index contributed by atoms with van der Waals surface area (Å²) in [6, 6.07) is 23.4. The highest BCUT2D eigenvalue weighted by Crippen LogP contribution is 2.48. The first-order valence-electron chi connectivity index (χ1n) is 11.7. The lowest BCUT2D eigenvalue weighted by Gasteiger charge is -2.30. The Morgan fingerprint density at radius 1 is 0.861 bits per heavy atom. The number of benzene rings is 3. The first-order valence-corrected chi connectivity index (χ1v) is 11.7. The van der Waals surface area contributed by atoms with Crippen LogP contribution in [0.15, 0.2) is 82.4 Å². The monoisotopic (exact) mass is 479 g/mol. The molecule has 36 heavy (non-hydrogen) atoms. The Kier molecular flexibility index (Phi) is 4.89. The molecule has 180 valence electrons. The van der Waals surface area contributed by atoms with Crippen molar-refractivity contribution >= 4 is 10.9 Å². The van der Waals surface area contributed by atoms with Gasteiger partial charge in [0.15, 0.2) is 6.10 Å². The summed E-state index contributed by atoms with van der Waals surface area (Å²) in [5.74, 6) is 1.34. The molecule has 7 nitrogen and oxygen atoms in total. The number of ether oxygens (including phenoxy) is 2. The van der Waals surface area contributed by atoms with E-state index in [9.17, 15) is 9.59 Å². The number of hydrogen-bond donors (Lipinski definition) is 0. The lowest BCUT2D eigenvalue weighted by molar-refractivity contribution is 0.223. The molecular formula is C29H25N3O4. The first-order chi connectivity index (χ1) is 17.4. The van der Waals surface area contributed by atoms with Crippen LogP contribution in [0.2, 0.25) is 0 Å². The third kappa shape index (κ3) is 2.92. The first kappa shape index (κ1) is 22.0. The zero-order chi connectivity index (χ0) is 25.1. The van der Waals surface area contributed by atoms with Gasteiger partial charge < -0.3 is 14.0 Å². The van der Waals surface area contributed by atoms with Crippen LogP contribution < -0.4 is 20.7 Å². The molecule has 0 saturated carbocycles. The van der Waals surface area contributed by atoms with Crippen LogP contribution in [-0.2, 0) is 14.1 Å². The quantitative estimate of drug-likeness (QED) is 0.382. The molecule has 0 fully saturated rings. The third-order valence-electron chi connectivity index (χ3n) is 7.03. The highest BCUT2D eigenvalue weighted by molar-refractivity contribution is 5.99. The van der Waals surface area contributed by atoms with Gasteiger partial charge in [-0.3, -0.25) is 13.9 Å². The lowest BCUT2D eigenvalue weighted by atomic mass is 10.0. The number of rotatable bonds is 3. The van der Waals surface area contributed by atoms with Gasteiger partial charge in [0.25, 0.3) is 5.56 Å². The molecule has 5 aromatic rings. The summed E-state index contributed by atoms with van der Waals surface area (Å²) in [5, 5.41) is 0.476. The number of para-hydroxylation sites is 3. The Labute approximate surface area is 207 Å². The summed E-state index contributed by atoms with van der Waals surface area (Å²) >= 11 is 0. The van der Waals surface area contributed by atoms with Crippen molar-refractivity contribution < 1.29 is 9.47 Å². The second-order valence-corrected chi connectivity index (χ2v) is 9.02. The van der Waals surface area contributed by atoms with Gasteiger partial charge in [0.1, 0.15) is 11.5 Å². The van der Waals surface area contributed by atoms with Crippen LogP contribution in [0.4, 0.5) is 0 Å². The van der Waals surface area contributed by atoms with Gasteiger partial charge in [-0.1, -0.05) is 54.6 Å². The van der Waals surface area contributed by atoms with Crippen LogP contribution >= 0.6 is 0 Å². The Bertz CT molecular complexity index is 1790. The van der Waals surface area contributed by atoms with E-state index in [1.54, 1.807) is 18.7 Å². The Hall–Kier alpha value is -4.52. The van der Waals surface area contributed by atoms with E-state index in [1.807, 2.05) is 79.7 Å². The average Bonchev–Trinajstić information content (AvgIpc) is 3.27. The van der Waals surface area contributed by atoms with Gasteiger partial charge in [-0.05, 0) is 30.7 Å². The van der Waals surface area contributed by atoms with Gasteiger partial charge in [-0.25, -0.2) is 4.79 Å². The smallest absolute Gasteiger partial charge is 0.331 e. The van der Waals surface area contributed by atoms with E-state index in [1.165, 1.54) is 11.6 Å². The van der Waals surface area contributed by atoms with Crippen LogP contribution in [0.3, 0.4) is 0 Å². The Morgan fingerprint density at radius 3 is 2.33 bits per heavy atom. The van der Waals surface area contributed by atoms with E-state index >= 15 is 0 Å². The molecule has 1 aliphatic heterocycles. The maximum Gasteiger partial charge on any atom is 0.331 e. The summed E-state index contributed by atoms with van der Waals surface area (Å²) < 4.78 is 17.1. The Balaban J connectivity index is 1.89. The third-order valence-corrected chi connectivity index (χ3v) is 7.03. The number of hydrogen-bond acceptors (Lipinski definition) is 4. The highest BCUT2D eigenvalue weighted by Gasteiger charge is 2.37. The van der Waals surface area contributed by atoms with E-state index in [4.69, 9.17) is 9.47 Å². The largest absolute Gasteiger partial charge is 0.496 e. The van der Waals surface area contributed by atoms with Crippen molar-refractivity contribution in [1.29, 1.82) is 0 Å². The minimum absolute atomic E-state index is 0.343. The van der Waals surface area contributed by atoms with Gasteiger partial charge in [0.05, 0.1) is 35.1 Å². The van der Waals surface area contributed by atoms with E-state index in [0.29, 0.717) is 28.1 Å². The molecule has 3 heterocycles. The second kappa shape index (κ2) is 8.02. The fourth-order valence-corrected chi connectivity index (χ4v) is 5.30. The topological polar surface area (TPSA) is 67.4 Å². The van der Waals surface area contributed by atoms with Crippen LogP contribution in [0.5, 0.6) is 11.5 Å². The van der Waals surface area contributed by atoms with Crippen LogP contribution in [0, 0.1) is 6.92 Å². The zero-order valence-corrected chi connectivity index (χ0v) is 20.5. The van der Waals surface area contributed by atoms with Gasteiger partial charge in [0.2, 0.25) is 0 Å². The van der Waals surface area contributed by atoms with E-state index in [2.05, 4.69) is 4.57 Å². The highest BCUT2D eigenvalue weighted by atomic mass is 16.5. The summed E-state index contributed by atoms with van der Waals surface area (Å²) in [5.41, 5.74) is 4.82. The lowest BCUT2D eigenvalue weighted by Crippen LogP contribution is -2.37. The molecule has 6 rings (SSSR count). The molecule has 0 aliphatic carbocycles. The van der Waals surface area contributed by atoms with Crippen LogP contribution in [0.1, 0.15) is 22.9 Å². The Morgan fingerprint density at radius 2 is 1.56 bits per heavy atom. The molecule has 0 amide bonds. The number of fused-ring (bicyclic) bond motifs is 5. The van der Waals surface area contributed by atoms with Gasteiger partial charge in [-0.15, -0.1) is 0 Å². The molecule has 7 heteroatoms. The predicted molar refractivity (Wildman–Crippen MR) is 139 cm³/mol. The molecule has 2 aromatic heterocycles. The van der Waals surface area contributed by atoms with E-state index in [-0.39, 0.29) is 5.56 Å². The molecular weight excluding hydrogens is 454 g/mol. The van der Waals surface area contributed by atoms with Crippen molar-refractivity contribution in [1.82, 2.24) is 13.7 Å². The average molecular weight is 480 g/mol. The van der Waals surface area contributed by atoms with Crippen molar-refractivity contribution in [3.63, 3.8) is 0 Å². The summed E-state index contributed by atoms with van der Waals surface area (Å²) in [6.45, 7) is 2.02. The molecule has 0 N–H and O–H groups in total. The van der Waals surface area contributed by atoms with Crippen molar-refractivity contribution in [2.45, 2.75) is 13.0 Å². The minimum Gasteiger partial charge on any atom is -0.496 e. The SMILES string of the molecule is COc1ccccc1[C@@H]1Oc2ccccc2-n2c(-c3ccccc3C)c3c(=O)n(C)c(=O)n(C)c3c21. The molecule has 0 bridgehead atoms. The molecule has 1 atom stereocenters. The number of nitrogens with zero attached hydrogens (tertiary/aromatic N) is 3. The molecule has 0 spiro atoms. The summed E-state index contributed by atoms with van der Waals surface area (Å²) in [7, 11) is 4.84. The second-order valence-electron chi connectivity index (χ2n) is 9.02. The normalized spacial score (nSPS) is 14.3. The molecule has 3 aromatic carbocycles. The number of methoxy groups -OCH3 is 1. The van der Waals surface area contributed by atoms with Crippen molar-refractivity contribution in [2.75, 3.05) is 7.11 Å². The van der Waals surface area contributed by atoms with E-state index < -0.39 is 11.8 Å². The number of aromatic nitrogens is 3. The fraction of sp³-hybridized carbons (Fsp3) is 0.172. The molecule has 0 radical (unpaired) electrons. The number of aryl methyl sites for hydroxylation is 2. The maximum atomic E-state index is 13.8. The van der Waals surface area contributed by atoms with Crippen molar-refractivity contribution in [3.8, 4) is 28.4 Å². The van der Waals surface area contributed by atoms with Crippen LogP contribution in [-0.4, -0.2) is 20.8 Å². The summed E-state index contributed by atoms with van der Waals surface area (Å²) in [6.07, 6.45) is -0.617. The molecule has 1 aliphatic rings. The van der Waals surface area contributed by atoms with Gasteiger partial charge in [-0.2, -0.15) is 0 Å². The molecule has 0 saturated heterocycles. The van der Waals surface area contributed by atoms with Crippen LogP contribution in [0.25, 0.3) is 27.8 Å². The predicted octanol–water partition coefficient (Wildman–Crippen LogP) is 4.49. The standard InChI is InChI=1S/C29H25N3O4/c1-17-11-5-6-12-18(17)24-23-25(30(2)29(34)31(3)28(23)33)26-27(19-13-7-9-15-21(19)35-4)36-22-16-10-8-14-20(22)32(24)26/h5-16,27H,1-4H3/t27-/m0/s1. The fourth-order valence-electron chi connectivity index (χ4n) is 5.30. The molecule has 0 unspecified atom stereocenters. The van der Waals surface area contributed by atoms with E-state index in [0.717, 1.165) is 28.1 Å². The van der Waals surface area contributed by atoms with Crippen molar-refractivity contribution in [3.05, 3.63) is 110 Å².